The summed E-state index contributed by atoms with van der Waals surface area (Å²) in [6, 6.07) is 3.91. The van der Waals surface area contributed by atoms with Crippen LogP contribution in [-0.4, -0.2) is 4.98 Å². The summed E-state index contributed by atoms with van der Waals surface area (Å²) in [6.07, 6.45) is 3.45. The lowest BCUT2D eigenvalue weighted by molar-refractivity contribution is 0.600. The van der Waals surface area contributed by atoms with E-state index in [1.54, 1.807) is 12.5 Å². The van der Waals surface area contributed by atoms with Crippen LogP contribution in [0.4, 0.5) is 0 Å². The molecule has 2 heteroatoms. The van der Waals surface area contributed by atoms with Gasteiger partial charge in [0.1, 0.15) is 0 Å². The Morgan fingerprint density at radius 1 is 1.50 bits per heavy atom. The molecule has 2 aromatic heterocycles. The molecular weight excluding hydrogens is 126 g/mol. The summed E-state index contributed by atoms with van der Waals surface area (Å²) in [5.74, 6) is 0. The van der Waals surface area contributed by atoms with Gasteiger partial charge in [0.2, 0.25) is 5.71 Å². The number of rotatable bonds is 0. The first-order chi connectivity index (χ1) is 4.88. The zero-order chi connectivity index (χ0) is 6.97. The van der Waals surface area contributed by atoms with E-state index in [1.807, 2.05) is 19.1 Å². The third kappa shape index (κ3) is 0.620. The molecule has 50 valence electrons. The second kappa shape index (κ2) is 1.84. The molecule has 0 saturated heterocycles. The number of hydrogen-bond acceptors (Lipinski definition) is 2. The summed E-state index contributed by atoms with van der Waals surface area (Å²) in [4.78, 5) is 4.04. The monoisotopic (exact) mass is 133 g/mol. The van der Waals surface area contributed by atoms with E-state index in [9.17, 15) is 0 Å². The van der Waals surface area contributed by atoms with E-state index in [2.05, 4.69) is 4.98 Å². The van der Waals surface area contributed by atoms with Crippen molar-refractivity contribution in [2.45, 2.75) is 6.92 Å². The highest BCUT2D eigenvalue weighted by molar-refractivity contribution is 5.76. The molecule has 0 unspecified atom stereocenters. The first kappa shape index (κ1) is 5.47. The molecule has 0 spiro atoms. The quantitative estimate of drug-likeness (QED) is 0.550. The van der Waals surface area contributed by atoms with E-state index in [4.69, 9.17) is 4.42 Å². The fourth-order valence-corrected chi connectivity index (χ4v) is 0.993. The smallest absolute Gasteiger partial charge is 0.226 e. The van der Waals surface area contributed by atoms with Crippen molar-refractivity contribution in [1.29, 1.82) is 0 Å². The molecule has 0 radical (unpaired) electrons. The van der Waals surface area contributed by atoms with Crippen molar-refractivity contribution in [1.82, 2.24) is 4.98 Å². The van der Waals surface area contributed by atoms with E-state index in [0.29, 0.717) is 0 Å². The van der Waals surface area contributed by atoms with Gasteiger partial charge in [0, 0.05) is 11.6 Å². The predicted octanol–water partition coefficient (Wildman–Crippen LogP) is 2.14. The molecule has 2 aromatic rings. The molecule has 0 aliphatic carbocycles. The van der Waals surface area contributed by atoms with Crippen LogP contribution in [0, 0.1) is 6.92 Å². The van der Waals surface area contributed by atoms with Crippen LogP contribution in [0.5, 0.6) is 0 Å². The van der Waals surface area contributed by atoms with Crippen molar-refractivity contribution in [3.63, 3.8) is 0 Å². The van der Waals surface area contributed by atoms with Gasteiger partial charge >= 0.3 is 0 Å². The molecule has 2 rings (SSSR count). The van der Waals surface area contributed by atoms with Crippen LogP contribution >= 0.6 is 0 Å². The van der Waals surface area contributed by atoms with Gasteiger partial charge in [-0.25, -0.2) is 4.98 Å². The normalized spacial score (nSPS) is 10.5. The Balaban J connectivity index is 2.93. The van der Waals surface area contributed by atoms with Crippen molar-refractivity contribution >= 4 is 11.1 Å². The molecule has 0 aliphatic heterocycles. The molecule has 0 aromatic carbocycles. The SMILES string of the molecule is Cc1coc2ncccc12. The minimum Gasteiger partial charge on any atom is -0.446 e. The average molecular weight is 133 g/mol. The standard InChI is InChI=1S/C8H7NO/c1-6-5-10-8-7(6)3-2-4-9-8/h2-5H,1H3. The second-order valence-corrected chi connectivity index (χ2v) is 2.27. The van der Waals surface area contributed by atoms with Crippen LogP contribution in [0.25, 0.3) is 11.1 Å². The number of hydrogen-bond donors (Lipinski definition) is 0. The Hall–Kier alpha value is -1.31. The lowest BCUT2D eigenvalue weighted by atomic mass is 10.2. The Bertz CT molecular complexity index is 351. The molecular formula is C8H7NO. The van der Waals surface area contributed by atoms with Gasteiger partial charge in [-0.1, -0.05) is 0 Å². The van der Waals surface area contributed by atoms with Crippen molar-refractivity contribution in [2.24, 2.45) is 0 Å². The fraction of sp³-hybridized carbons (Fsp3) is 0.125. The van der Waals surface area contributed by atoms with Crippen LogP contribution in [0.3, 0.4) is 0 Å². The van der Waals surface area contributed by atoms with Gasteiger partial charge in [0.25, 0.3) is 0 Å². The summed E-state index contributed by atoms with van der Waals surface area (Å²) in [5.41, 5.74) is 1.86. The average Bonchev–Trinajstić information content (AvgIpc) is 2.34. The van der Waals surface area contributed by atoms with E-state index >= 15 is 0 Å². The minimum atomic E-state index is 0.722. The number of pyridine rings is 1. The van der Waals surface area contributed by atoms with Gasteiger partial charge < -0.3 is 4.42 Å². The van der Waals surface area contributed by atoms with Crippen molar-refractivity contribution < 1.29 is 4.42 Å². The highest BCUT2D eigenvalue weighted by Gasteiger charge is 1.98. The highest BCUT2D eigenvalue weighted by atomic mass is 16.3. The number of nitrogens with zero attached hydrogens (tertiary/aromatic N) is 1. The second-order valence-electron chi connectivity index (χ2n) is 2.27. The Morgan fingerprint density at radius 2 is 2.40 bits per heavy atom. The minimum absolute atomic E-state index is 0.722. The maximum atomic E-state index is 5.14. The number of aromatic nitrogens is 1. The molecule has 0 saturated carbocycles. The third-order valence-electron chi connectivity index (χ3n) is 1.54. The van der Waals surface area contributed by atoms with Crippen LogP contribution in [-0.2, 0) is 0 Å². The molecule has 0 aliphatic rings. The molecule has 0 fully saturated rings. The predicted molar refractivity (Wildman–Crippen MR) is 38.7 cm³/mol. The third-order valence-corrected chi connectivity index (χ3v) is 1.54. The van der Waals surface area contributed by atoms with Gasteiger partial charge in [-0.2, -0.15) is 0 Å². The van der Waals surface area contributed by atoms with Crippen molar-refractivity contribution in [3.05, 3.63) is 30.2 Å². The number of fused-ring (bicyclic) bond motifs is 1. The summed E-state index contributed by atoms with van der Waals surface area (Å²) < 4.78 is 5.14. The molecule has 0 bridgehead atoms. The fourth-order valence-electron chi connectivity index (χ4n) is 0.993. The van der Waals surface area contributed by atoms with E-state index in [0.717, 1.165) is 16.7 Å². The van der Waals surface area contributed by atoms with Gasteiger partial charge in [-0.15, -0.1) is 0 Å². The zero-order valence-corrected chi connectivity index (χ0v) is 5.66. The maximum absolute atomic E-state index is 5.14. The lowest BCUT2D eigenvalue weighted by Gasteiger charge is -1.83. The zero-order valence-electron chi connectivity index (χ0n) is 5.66. The highest BCUT2D eigenvalue weighted by Crippen LogP contribution is 2.16. The topological polar surface area (TPSA) is 26.0 Å². The molecule has 2 heterocycles. The number of furan rings is 1. The van der Waals surface area contributed by atoms with Crippen LogP contribution < -0.4 is 0 Å². The molecule has 2 nitrogen and oxygen atoms in total. The largest absolute Gasteiger partial charge is 0.446 e. The maximum Gasteiger partial charge on any atom is 0.226 e. The van der Waals surface area contributed by atoms with E-state index in [1.165, 1.54) is 0 Å². The van der Waals surface area contributed by atoms with Crippen LogP contribution in [0.1, 0.15) is 5.56 Å². The molecule has 0 amide bonds. The summed E-state index contributed by atoms with van der Waals surface area (Å²) in [6.45, 7) is 2.01. The van der Waals surface area contributed by atoms with Gasteiger partial charge in [0.05, 0.1) is 6.26 Å². The van der Waals surface area contributed by atoms with Gasteiger partial charge in [-0.3, -0.25) is 0 Å². The van der Waals surface area contributed by atoms with Crippen molar-refractivity contribution in [3.8, 4) is 0 Å². The summed E-state index contributed by atoms with van der Waals surface area (Å²) in [5, 5.41) is 1.10. The Kier molecular flexibility index (Phi) is 1.01. The van der Waals surface area contributed by atoms with E-state index in [-0.39, 0.29) is 0 Å². The van der Waals surface area contributed by atoms with E-state index < -0.39 is 0 Å². The van der Waals surface area contributed by atoms with Gasteiger partial charge in [-0.05, 0) is 24.6 Å². The van der Waals surface area contributed by atoms with Gasteiger partial charge in [0.15, 0.2) is 0 Å². The lowest BCUT2D eigenvalue weighted by Crippen LogP contribution is -1.69. The van der Waals surface area contributed by atoms with Crippen molar-refractivity contribution in [2.75, 3.05) is 0 Å². The van der Waals surface area contributed by atoms with Crippen LogP contribution in [0.2, 0.25) is 0 Å². The number of aryl methyl sites for hydroxylation is 1. The Labute approximate surface area is 58.5 Å². The first-order valence-electron chi connectivity index (χ1n) is 3.17. The van der Waals surface area contributed by atoms with Crippen LogP contribution in [0.15, 0.2) is 29.0 Å². The summed E-state index contributed by atoms with van der Waals surface area (Å²) in [7, 11) is 0. The molecule has 10 heavy (non-hydrogen) atoms. The molecule has 0 N–H and O–H groups in total. The summed E-state index contributed by atoms with van der Waals surface area (Å²) >= 11 is 0. The first-order valence-corrected chi connectivity index (χ1v) is 3.17. The molecule has 0 atom stereocenters. The Morgan fingerprint density at radius 3 is 3.20 bits per heavy atom.